The van der Waals surface area contributed by atoms with Crippen molar-refractivity contribution in [3.8, 4) is 0 Å². The lowest BCUT2D eigenvalue weighted by molar-refractivity contribution is -0.187. The average molecular weight is 421 g/mol. The van der Waals surface area contributed by atoms with Gasteiger partial charge in [0.25, 0.3) is 0 Å². The summed E-state index contributed by atoms with van der Waals surface area (Å²) in [6.07, 6.45) is 7.14. The lowest BCUT2D eigenvalue weighted by Gasteiger charge is -2.28. The Morgan fingerprint density at radius 1 is 1.10 bits per heavy atom. The van der Waals surface area contributed by atoms with Crippen molar-refractivity contribution in [2.24, 2.45) is 0 Å². The molecule has 2 aromatic carbocycles. The fraction of sp³-hybridized carbons (Fsp3) is 0.423. The highest BCUT2D eigenvalue weighted by Crippen LogP contribution is 2.31. The SMILES string of the molecule is Cc1ccc(CCC2(Cn3ccnc3)OCC(COCc3ccc(C)cc3C)O2)cc1. The van der Waals surface area contributed by atoms with Crippen LogP contribution in [0.5, 0.6) is 0 Å². The predicted molar refractivity (Wildman–Crippen MR) is 121 cm³/mol. The Kier molecular flexibility index (Phi) is 6.86. The predicted octanol–water partition coefficient (Wildman–Crippen LogP) is 4.77. The minimum atomic E-state index is -0.667. The van der Waals surface area contributed by atoms with Crippen LogP contribution >= 0.6 is 0 Å². The van der Waals surface area contributed by atoms with Gasteiger partial charge in [-0.1, -0.05) is 53.6 Å². The van der Waals surface area contributed by atoms with Crippen LogP contribution in [0.4, 0.5) is 0 Å². The molecule has 2 heterocycles. The molecule has 0 N–H and O–H groups in total. The van der Waals surface area contributed by atoms with Crippen molar-refractivity contribution in [3.63, 3.8) is 0 Å². The second-order valence-corrected chi connectivity index (χ2v) is 8.63. The van der Waals surface area contributed by atoms with Crippen LogP contribution in [-0.4, -0.2) is 34.7 Å². The van der Waals surface area contributed by atoms with E-state index in [1.807, 2.05) is 17.1 Å². The number of aromatic nitrogens is 2. The highest BCUT2D eigenvalue weighted by Gasteiger charge is 2.41. The average Bonchev–Trinajstić information content (AvgIpc) is 3.40. The molecule has 5 nitrogen and oxygen atoms in total. The number of nitrogens with zero attached hydrogens (tertiary/aromatic N) is 2. The van der Waals surface area contributed by atoms with Crippen molar-refractivity contribution in [2.45, 2.75) is 58.7 Å². The highest BCUT2D eigenvalue weighted by molar-refractivity contribution is 5.29. The van der Waals surface area contributed by atoms with E-state index in [9.17, 15) is 0 Å². The molecule has 0 spiro atoms. The summed E-state index contributed by atoms with van der Waals surface area (Å²) in [4.78, 5) is 4.17. The zero-order valence-electron chi connectivity index (χ0n) is 18.7. The summed E-state index contributed by atoms with van der Waals surface area (Å²) >= 11 is 0. The quantitative estimate of drug-likeness (QED) is 0.500. The standard InChI is InChI=1S/C26H32N2O3/c1-20-4-7-23(8-5-20)10-11-26(18-28-13-12-27-19-28)30-17-25(31-26)16-29-15-24-9-6-21(2)14-22(24)3/h4-9,12-14,19,25H,10-11,15-18H2,1-3H3. The fourth-order valence-corrected chi connectivity index (χ4v) is 4.05. The normalized spacial score (nSPS) is 20.9. The molecule has 0 aliphatic carbocycles. The third-order valence-electron chi connectivity index (χ3n) is 5.87. The van der Waals surface area contributed by atoms with E-state index in [2.05, 4.69) is 68.2 Å². The summed E-state index contributed by atoms with van der Waals surface area (Å²) in [6, 6.07) is 15.1. The van der Waals surface area contributed by atoms with Gasteiger partial charge in [-0.15, -0.1) is 0 Å². The topological polar surface area (TPSA) is 45.5 Å². The molecule has 3 aromatic rings. The first-order valence-corrected chi connectivity index (χ1v) is 11.0. The third-order valence-corrected chi connectivity index (χ3v) is 5.87. The van der Waals surface area contributed by atoms with Crippen LogP contribution < -0.4 is 0 Å². The van der Waals surface area contributed by atoms with Gasteiger partial charge in [-0.05, 0) is 43.9 Å². The van der Waals surface area contributed by atoms with Gasteiger partial charge in [-0.25, -0.2) is 4.98 Å². The van der Waals surface area contributed by atoms with Gasteiger partial charge < -0.3 is 18.8 Å². The number of rotatable bonds is 9. The van der Waals surface area contributed by atoms with Crippen molar-refractivity contribution in [1.29, 1.82) is 0 Å². The summed E-state index contributed by atoms with van der Waals surface area (Å²) in [6.45, 7) is 8.60. The summed E-state index contributed by atoms with van der Waals surface area (Å²) < 4.78 is 20.7. The number of hydrogen-bond donors (Lipinski definition) is 0. The van der Waals surface area contributed by atoms with Crippen molar-refractivity contribution in [1.82, 2.24) is 9.55 Å². The van der Waals surface area contributed by atoms with E-state index in [0.717, 1.165) is 12.8 Å². The lowest BCUT2D eigenvalue weighted by Crippen LogP contribution is -2.37. The molecule has 1 saturated heterocycles. The molecule has 0 saturated carbocycles. The van der Waals surface area contributed by atoms with Crippen molar-refractivity contribution in [3.05, 3.63) is 89.0 Å². The maximum atomic E-state index is 6.46. The molecule has 164 valence electrons. The van der Waals surface area contributed by atoms with E-state index in [4.69, 9.17) is 14.2 Å². The van der Waals surface area contributed by atoms with Crippen LogP contribution in [0, 0.1) is 20.8 Å². The van der Waals surface area contributed by atoms with Crippen LogP contribution in [0.2, 0.25) is 0 Å². The summed E-state index contributed by atoms with van der Waals surface area (Å²) in [5.41, 5.74) is 6.31. The summed E-state index contributed by atoms with van der Waals surface area (Å²) in [5, 5.41) is 0. The van der Waals surface area contributed by atoms with Gasteiger partial charge in [0.15, 0.2) is 5.79 Å². The van der Waals surface area contributed by atoms with Crippen LogP contribution in [-0.2, 0) is 33.8 Å². The van der Waals surface area contributed by atoms with Gasteiger partial charge in [-0.3, -0.25) is 0 Å². The maximum Gasteiger partial charge on any atom is 0.187 e. The Morgan fingerprint density at radius 3 is 2.65 bits per heavy atom. The van der Waals surface area contributed by atoms with Crippen LogP contribution in [0.25, 0.3) is 0 Å². The summed E-state index contributed by atoms with van der Waals surface area (Å²) in [7, 11) is 0. The first kappa shape index (κ1) is 21.8. The number of aryl methyl sites for hydroxylation is 4. The van der Waals surface area contributed by atoms with Gasteiger partial charge in [-0.2, -0.15) is 0 Å². The molecule has 31 heavy (non-hydrogen) atoms. The molecular formula is C26H32N2O3. The molecule has 0 radical (unpaired) electrons. The first-order chi connectivity index (χ1) is 15.0. The molecule has 2 unspecified atom stereocenters. The zero-order chi connectivity index (χ0) is 21.7. The molecule has 1 aliphatic heterocycles. The van der Waals surface area contributed by atoms with Crippen molar-refractivity contribution >= 4 is 0 Å². The molecule has 0 amide bonds. The Morgan fingerprint density at radius 2 is 1.90 bits per heavy atom. The Hall–Kier alpha value is -2.47. The van der Waals surface area contributed by atoms with E-state index in [1.54, 1.807) is 6.20 Å². The smallest absolute Gasteiger partial charge is 0.187 e. The number of imidazole rings is 1. The van der Waals surface area contributed by atoms with Gasteiger partial charge >= 0.3 is 0 Å². The minimum absolute atomic E-state index is 0.0766. The largest absolute Gasteiger partial charge is 0.374 e. The minimum Gasteiger partial charge on any atom is -0.374 e. The van der Waals surface area contributed by atoms with Gasteiger partial charge in [0, 0.05) is 18.8 Å². The van der Waals surface area contributed by atoms with Crippen molar-refractivity contribution < 1.29 is 14.2 Å². The number of hydrogen-bond acceptors (Lipinski definition) is 4. The zero-order valence-corrected chi connectivity index (χ0v) is 18.7. The molecule has 1 aromatic heterocycles. The van der Waals surface area contributed by atoms with Crippen LogP contribution in [0.1, 0.15) is 34.2 Å². The van der Waals surface area contributed by atoms with E-state index in [1.165, 1.54) is 27.8 Å². The first-order valence-electron chi connectivity index (χ1n) is 11.0. The fourth-order valence-electron chi connectivity index (χ4n) is 4.05. The molecule has 1 fully saturated rings. The third kappa shape index (κ3) is 5.82. The molecule has 0 bridgehead atoms. The van der Waals surface area contributed by atoms with E-state index in [-0.39, 0.29) is 6.10 Å². The van der Waals surface area contributed by atoms with E-state index >= 15 is 0 Å². The van der Waals surface area contributed by atoms with E-state index in [0.29, 0.717) is 26.4 Å². The van der Waals surface area contributed by atoms with Crippen LogP contribution in [0.15, 0.2) is 61.2 Å². The monoisotopic (exact) mass is 420 g/mol. The molecule has 2 atom stereocenters. The second-order valence-electron chi connectivity index (χ2n) is 8.63. The molecule has 4 rings (SSSR count). The Bertz CT molecular complexity index is 969. The summed E-state index contributed by atoms with van der Waals surface area (Å²) in [5.74, 6) is -0.667. The Balaban J connectivity index is 1.36. The van der Waals surface area contributed by atoms with Gasteiger partial charge in [0.2, 0.25) is 0 Å². The maximum absolute atomic E-state index is 6.46. The lowest BCUT2D eigenvalue weighted by atomic mass is 10.0. The second kappa shape index (κ2) is 9.77. The number of benzene rings is 2. The van der Waals surface area contributed by atoms with E-state index < -0.39 is 5.79 Å². The van der Waals surface area contributed by atoms with Gasteiger partial charge in [0.05, 0.1) is 32.7 Å². The molecule has 5 heteroatoms. The van der Waals surface area contributed by atoms with Gasteiger partial charge in [0.1, 0.15) is 6.10 Å². The number of ether oxygens (including phenoxy) is 3. The van der Waals surface area contributed by atoms with Crippen molar-refractivity contribution in [2.75, 3.05) is 13.2 Å². The Labute approximate surface area is 185 Å². The molecule has 1 aliphatic rings. The molecular weight excluding hydrogens is 388 g/mol. The highest BCUT2D eigenvalue weighted by atomic mass is 16.8. The van der Waals surface area contributed by atoms with Crippen LogP contribution in [0.3, 0.4) is 0 Å².